The highest BCUT2D eigenvalue weighted by atomic mass is 32.2. The minimum absolute atomic E-state index is 1.06. The van der Waals surface area contributed by atoms with Crippen LogP contribution < -0.4 is 0 Å². The van der Waals surface area contributed by atoms with Crippen LogP contribution in [0.1, 0.15) is 31.7 Å². The molecule has 3 heteroatoms. The van der Waals surface area contributed by atoms with E-state index in [9.17, 15) is 0 Å². The summed E-state index contributed by atoms with van der Waals surface area (Å²) in [4.78, 5) is 6.56. The summed E-state index contributed by atoms with van der Waals surface area (Å²) in [7, 11) is 2.21. The lowest BCUT2D eigenvalue weighted by atomic mass is 10.2. The van der Waals surface area contributed by atoms with Crippen LogP contribution in [0.5, 0.6) is 0 Å². The van der Waals surface area contributed by atoms with Gasteiger partial charge in [0.15, 0.2) is 0 Å². The Balaban J connectivity index is 1.76. The van der Waals surface area contributed by atoms with Crippen molar-refractivity contribution in [2.75, 3.05) is 39.0 Å². The van der Waals surface area contributed by atoms with Crippen molar-refractivity contribution in [3.8, 4) is 0 Å². The quantitative estimate of drug-likeness (QED) is 0.533. The first-order valence-corrected chi connectivity index (χ1v) is 10.2. The Hall–Kier alpha value is -1.03. The fraction of sp³-hybridized carbons (Fsp3) is 0.524. The molecule has 0 radical (unpaired) electrons. The van der Waals surface area contributed by atoms with E-state index in [1.54, 1.807) is 4.91 Å². The molecule has 0 unspecified atom stereocenters. The molecule has 0 N–H and O–H groups in total. The zero-order valence-electron chi connectivity index (χ0n) is 15.3. The standard InChI is InChI=1S/C21H32N2S/c1-3-22(2)16-17-23(19-20-11-6-4-7-12-20)15-10-18-24-21-13-8-5-9-14-21/h4-8,11-13H,3,9-10,14-19H2,1-2H3. The Morgan fingerprint density at radius 3 is 2.62 bits per heavy atom. The Bertz CT molecular complexity index is 510. The molecule has 1 aromatic carbocycles. The molecule has 24 heavy (non-hydrogen) atoms. The summed E-state index contributed by atoms with van der Waals surface area (Å²) >= 11 is 2.05. The number of likely N-dealkylation sites (N-methyl/N-ethyl adjacent to an activating group) is 1. The monoisotopic (exact) mass is 344 g/mol. The van der Waals surface area contributed by atoms with E-state index < -0.39 is 0 Å². The zero-order chi connectivity index (χ0) is 17.0. The van der Waals surface area contributed by atoms with Gasteiger partial charge in [-0.2, -0.15) is 0 Å². The van der Waals surface area contributed by atoms with Crippen molar-refractivity contribution in [3.05, 3.63) is 59.0 Å². The number of thioether (sulfide) groups is 1. The average Bonchev–Trinajstić information content (AvgIpc) is 2.64. The second kappa shape index (κ2) is 11.5. The van der Waals surface area contributed by atoms with Crippen LogP contribution in [0, 0.1) is 0 Å². The summed E-state index contributed by atoms with van der Waals surface area (Å²) in [5, 5.41) is 0. The first kappa shape index (κ1) is 19.3. The molecule has 0 heterocycles. The smallest absolute Gasteiger partial charge is 0.0234 e. The maximum atomic E-state index is 2.61. The summed E-state index contributed by atoms with van der Waals surface area (Å²) in [5.41, 5.74) is 1.42. The van der Waals surface area contributed by atoms with Crippen LogP contribution in [0.15, 0.2) is 53.5 Å². The van der Waals surface area contributed by atoms with Crippen LogP contribution in [0.4, 0.5) is 0 Å². The van der Waals surface area contributed by atoms with E-state index in [1.807, 2.05) is 11.8 Å². The van der Waals surface area contributed by atoms with Crippen molar-refractivity contribution in [1.82, 2.24) is 9.80 Å². The van der Waals surface area contributed by atoms with Crippen LogP contribution in [-0.2, 0) is 6.54 Å². The molecule has 0 spiro atoms. The van der Waals surface area contributed by atoms with Crippen LogP contribution >= 0.6 is 11.8 Å². The van der Waals surface area contributed by atoms with Gasteiger partial charge < -0.3 is 4.90 Å². The van der Waals surface area contributed by atoms with E-state index in [4.69, 9.17) is 0 Å². The predicted octanol–water partition coefficient (Wildman–Crippen LogP) is 4.80. The van der Waals surface area contributed by atoms with Gasteiger partial charge in [0.1, 0.15) is 0 Å². The molecule has 0 amide bonds. The van der Waals surface area contributed by atoms with Crippen molar-refractivity contribution in [1.29, 1.82) is 0 Å². The molecule has 1 aliphatic rings. The first-order chi connectivity index (χ1) is 11.8. The van der Waals surface area contributed by atoms with Crippen molar-refractivity contribution in [2.24, 2.45) is 0 Å². The fourth-order valence-electron chi connectivity index (χ4n) is 2.77. The highest BCUT2D eigenvalue weighted by Gasteiger charge is 2.08. The van der Waals surface area contributed by atoms with Gasteiger partial charge in [0.05, 0.1) is 0 Å². The summed E-state index contributed by atoms with van der Waals surface area (Å²) in [5.74, 6) is 1.23. The molecule has 2 nitrogen and oxygen atoms in total. The second-order valence-electron chi connectivity index (χ2n) is 6.46. The molecule has 1 aliphatic carbocycles. The third kappa shape index (κ3) is 7.69. The van der Waals surface area contributed by atoms with Crippen LogP contribution in [0.25, 0.3) is 0 Å². The van der Waals surface area contributed by atoms with Crippen molar-refractivity contribution in [2.45, 2.75) is 32.7 Å². The fourth-order valence-corrected chi connectivity index (χ4v) is 3.75. The highest BCUT2D eigenvalue weighted by Crippen LogP contribution is 2.24. The Kier molecular flexibility index (Phi) is 9.26. The number of nitrogens with zero attached hydrogens (tertiary/aromatic N) is 2. The molecule has 0 saturated carbocycles. The summed E-state index contributed by atoms with van der Waals surface area (Å²) < 4.78 is 0. The second-order valence-corrected chi connectivity index (χ2v) is 7.68. The van der Waals surface area contributed by atoms with E-state index in [0.29, 0.717) is 0 Å². The van der Waals surface area contributed by atoms with Gasteiger partial charge in [-0.25, -0.2) is 0 Å². The molecular weight excluding hydrogens is 312 g/mol. The van der Waals surface area contributed by atoms with Crippen molar-refractivity contribution < 1.29 is 0 Å². The zero-order valence-corrected chi connectivity index (χ0v) is 16.1. The minimum Gasteiger partial charge on any atom is -0.305 e. The Morgan fingerprint density at radius 1 is 1.08 bits per heavy atom. The molecule has 0 atom stereocenters. The number of rotatable bonds is 11. The molecule has 2 rings (SSSR count). The molecule has 0 bridgehead atoms. The Labute approximate surface area is 152 Å². The maximum Gasteiger partial charge on any atom is 0.0234 e. The lowest BCUT2D eigenvalue weighted by molar-refractivity contribution is 0.223. The summed E-state index contributed by atoms with van der Waals surface area (Å²) in [6.45, 7) is 7.89. The van der Waals surface area contributed by atoms with Crippen LogP contribution in [0.2, 0.25) is 0 Å². The van der Waals surface area contributed by atoms with Crippen LogP contribution in [-0.4, -0.2) is 48.8 Å². The molecule has 1 aromatic rings. The maximum absolute atomic E-state index is 2.61. The normalized spacial score (nSPS) is 14.4. The lowest BCUT2D eigenvalue weighted by Crippen LogP contribution is -2.33. The predicted molar refractivity (Wildman–Crippen MR) is 108 cm³/mol. The van der Waals surface area contributed by atoms with E-state index in [-0.39, 0.29) is 0 Å². The SMILES string of the molecule is CCN(C)CCN(CCCSC1=CC=CCC1)Cc1ccccc1. The molecule has 132 valence electrons. The van der Waals surface area contributed by atoms with Crippen LogP contribution in [0.3, 0.4) is 0 Å². The lowest BCUT2D eigenvalue weighted by Gasteiger charge is -2.25. The van der Waals surface area contributed by atoms with Gasteiger partial charge in [0, 0.05) is 19.6 Å². The van der Waals surface area contributed by atoms with Gasteiger partial charge in [-0.3, -0.25) is 4.90 Å². The largest absolute Gasteiger partial charge is 0.305 e. The van der Waals surface area contributed by atoms with Gasteiger partial charge in [0.2, 0.25) is 0 Å². The number of hydrogen-bond donors (Lipinski definition) is 0. The Morgan fingerprint density at radius 2 is 1.92 bits per heavy atom. The first-order valence-electron chi connectivity index (χ1n) is 9.21. The minimum atomic E-state index is 1.06. The molecule has 0 saturated heterocycles. The van der Waals surface area contributed by atoms with E-state index in [1.165, 1.54) is 37.1 Å². The number of hydrogen-bond acceptors (Lipinski definition) is 3. The van der Waals surface area contributed by atoms with E-state index in [0.717, 1.165) is 26.2 Å². The van der Waals surface area contributed by atoms with Crippen molar-refractivity contribution in [3.63, 3.8) is 0 Å². The molecule has 0 aliphatic heterocycles. The van der Waals surface area contributed by atoms with Gasteiger partial charge in [-0.1, -0.05) is 55.5 Å². The molecular formula is C21H32N2S. The number of benzene rings is 1. The molecule has 0 fully saturated rings. The topological polar surface area (TPSA) is 6.48 Å². The van der Waals surface area contributed by atoms with Gasteiger partial charge in [0.25, 0.3) is 0 Å². The summed E-state index contributed by atoms with van der Waals surface area (Å²) in [6.07, 6.45) is 10.4. The molecule has 0 aromatic heterocycles. The summed E-state index contributed by atoms with van der Waals surface area (Å²) in [6, 6.07) is 10.9. The van der Waals surface area contributed by atoms with E-state index >= 15 is 0 Å². The third-order valence-corrected chi connectivity index (χ3v) is 5.67. The van der Waals surface area contributed by atoms with Gasteiger partial charge in [-0.05, 0) is 55.6 Å². The van der Waals surface area contributed by atoms with Gasteiger partial charge in [-0.15, -0.1) is 11.8 Å². The number of allylic oxidation sites excluding steroid dienone is 4. The average molecular weight is 345 g/mol. The highest BCUT2D eigenvalue weighted by molar-refractivity contribution is 8.03. The van der Waals surface area contributed by atoms with Crippen molar-refractivity contribution >= 4 is 11.8 Å². The van der Waals surface area contributed by atoms with E-state index in [2.05, 4.69) is 72.3 Å². The third-order valence-electron chi connectivity index (χ3n) is 4.47. The van der Waals surface area contributed by atoms with Gasteiger partial charge >= 0.3 is 0 Å².